The lowest BCUT2D eigenvalue weighted by atomic mass is 9.94. The lowest BCUT2D eigenvalue weighted by Gasteiger charge is -2.16. The van der Waals surface area contributed by atoms with E-state index in [2.05, 4.69) is 128 Å². The van der Waals surface area contributed by atoms with Crippen molar-refractivity contribution in [2.24, 2.45) is 0 Å². The van der Waals surface area contributed by atoms with E-state index in [4.69, 9.17) is 0 Å². The van der Waals surface area contributed by atoms with Crippen molar-refractivity contribution in [2.45, 2.75) is 25.7 Å². The van der Waals surface area contributed by atoms with Gasteiger partial charge in [0, 0.05) is 12.3 Å². The fourth-order valence-electron chi connectivity index (χ4n) is 3.74. The molecule has 153 valence electrons. The van der Waals surface area contributed by atoms with Crippen LogP contribution in [0.2, 0.25) is 0 Å². The standard InChI is InChI=1S/C30H28P/c1-5-14-26(15-6-1)16-13-19-28(27-17-7-2-8-18-27)24-25-31(29-20-9-3-10-21-29)30-22-11-4-12-23-30/h2-4,7-12,14,16-25H,1,5-6,15H2/b16-13?,25-24-. The second kappa shape index (κ2) is 11.6. The molecule has 1 heteroatoms. The lowest BCUT2D eigenvalue weighted by Crippen LogP contribution is -2.09. The van der Waals surface area contributed by atoms with Gasteiger partial charge in [0.05, 0.1) is 0 Å². The Morgan fingerprint density at radius 2 is 1.35 bits per heavy atom. The highest BCUT2D eigenvalue weighted by Gasteiger charge is 2.13. The zero-order chi connectivity index (χ0) is 21.1. The highest BCUT2D eigenvalue weighted by molar-refractivity contribution is 7.75. The van der Waals surface area contributed by atoms with Crippen molar-refractivity contribution in [3.63, 3.8) is 0 Å². The Labute approximate surface area is 188 Å². The van der Waals surface area contributed by atoms with Gasteiger partial charge in [0.1, 0.15) is 0 Å². The van der Waals surface area contributed by atoms with Gasteiger partial charge in [0.2, 0.25) is 0 Å². The van der Waals surface area contributed by atoms with E-state index < -0.39 is 7.92 Å². The Bertz CT molecular complexity index is 961. The zero-order valence-corrected chi connectivity index (χ0v) is 18.7. The average Bonchev–Trinajstić information content (AvgIpc) is 2.85. The molecule has 0 aromatic heterocycles. The molecule has 0 saturated heterocycles. The van der Waals surface area contributed by atoms with Gasteiger partial charge < -0.3 is 0 Å². The molecule has 0 amide bonds. The summed E-state index contributed by atoms with van der Waals surface area (Å²) < 4.78 is 0. The van der Waals surface area contributed by atoms with Crippen LogP contribution in [-0.2, 0) is 0 Å². The minimum Gasteiger partial charge on any atom is -0.0813 e. The topological polar surface area (TPSA) is 0 Å². The number of rotatable bonds is 8. The molecule has 3 aromatic rings. The Morgan fingerprint density at radius 1 is 0.742 bits per heavy atom. The van der Waals surface area contributed by atoms with Gasteiger partial charge in [-0.1, -0.05) is 121 Å². The van der Waals surface area contributed by atoms with Gasteiger partial charge in [-0.15, -0.1) is 0 Å². The Balaban J connectivity index is 1.59. The molecule has 0 N–H and O–H groups in total. The molecule has 0 spiro atoms. The van der Waals surface area contributed by atoms with E-state index in [1.54, 1.807) is 0 Å². The van der Waals surface area contributed by atoms with Crippen molar-refractivity contribution in [3.8, 4) is 0 Å². The second-order valence-electron chi connectivity index (χ2n) is 7.66. The minimum absolute atomic E-state index is 0.572. The minimum atomic E-state index is -0.572. The molecule has 0 bridgehead atoms. The molecule has 0 aliphatic heterocycles. The van der Waals surface area contributed by atoms with Crippen molar-refractivity contribution in [1.82, 2.24) is 0 Å². The molecular formula is C30H28P. The predicted molar refractivity (Wildman–Crippen MR) is 136 cm³/mol. The van der Waals surface area contributed by atoms with Crippen LogP contribution in [0, 0.1) is 18.4 Å². The monoisotopic (exact) mass is 419 g/mol. The van der Waals surface area contributed by atoms with Gasteiger partial charge in [0.15, 0.2) is 0 Å². The molecule has 3 radical (unpaired) electrons. The summed E-state index contributed by atoms with van der Waals surface area (Å²) in [4.78, 5) is 0. The van der Waals surface area contributed by atoms with Crippen molar-refractivity contribution in [2.75, 3.05) is 0 Å². The van der Waals surface area contributed by atoms with E-state index in [9.17, 15) is 0 Å². The van der Waals surface area contributed by atoms with Crippen LogP contribution in [0.5, 0.6) is 0 Å². The smallest absolute Gasteiger partial charge is 0.0348 e. The molecule has 0 atom stereocenters. The first-order valence-corrected chi connectivity index (χ1v) is 12.4. The fourth-order valence-corrected chi connectivity index (χ4v) is 5.68. The van der Waals surface area contributed by atoms with Gasteiger partial charge in [0.25, 0.3) is 0 Å². The first kappa shape index (κ1) is 21.5. The zero-order valence-electron chi connectivity index (χ0n) is 17.8. The molecule has 31 heavy (non-hydrogen) atoms. The number of hydrogen-bond donors (Lipinski definition) is 0. The van der Waals surface area contributed by atoms with Crippen LogP contribution < -0.4 is 10.6 Å². The maximum absolute atomic E-state index is 3.46. The molecule has 1 aliphatic rings. The first-order valence-electron chi connectivity index (χ1n) is 11.0. The highest BCUT2D eigenvalue weighted by Crippen LogP contribution is 2.36. The number of allylic oxidation sites excluding steroid dienone is 5. The van der Waals surface area contributed by atoms with Crippen LogP contribution in [0.25, 0.3) is 0 Å². The summed E-state index contributed by atoms with van der Waals surface area (Å²) in [6.07, 6.45) is 17.3. The van der Waals surface area contributed by atoms with Crippen LogP contribution in [0.15, 0.2) is 121 Å². The molecule has 4 rings (SSSR count). The molecule has 0 saturated carbocycles. The van der Waals surface area contributed by atoms with Gasteiger partial charge >= 0.3 is 0 Å². The number of hydrogen-bond acceptors (Lipinski definition) is 0. The summed E-state index contributed by atoms with van der Waals surface area (Å²) in [5.41, 5.74) is 2.63. The summed E-state index contributed by atoms with van der Waals surface area (Å²) in [6, 6.07) is 32.2. The van der Waals surface area contributed by atoms with Crippen molar-refractivity contribution in [3.05, 3.63) is 145 Å². The number of benzene rings is 3. The van der Waals surface area contributed by atoms with E-state index >= 15 is 0 Å². The summed E-state index contributed by atoms with van der Waals surface area (Å²) in [7, 11) is -0.572. The molecule has 0 nitrogen and oxygen atoms in total. The van der Waals surface area contributed by atoms with Gasteiger partial charge in [-0.25, -0.2) is 0 Å². The molecule has 1 aliphatic carbocycles. The SMILES string of the molecule is [C]([CH][C](/C=C\P(c1ccccc1)c1ccccc1)c1ccccc1)=CC1=CCCCC1. The maximum atomic E-state index is 3.46. The Morgan fingerprint density at radius 3 is 1.94 bits per heavy atom. The van der Waals surface area contributed by atoms with E-state index in [1.807, 2.05) is 0 Å². The Hall–Kier alpha value is -2.69. The van der Waals surface area contributed by atoms with E-state index in [1.165, 1.54) is 53.3 Å². The van der Waals surface area contributed by atoms with E-state index in [0.717, 1.165) is 0 Å². The fraction of sp³-hybridized carbons (Fsp3) is 0.133. The van der Waals surface area contributed by atoms with Gasteiger partial charge in [-0.05, 0) is 55.9 Å². The second-order valence-corrected chi connectivity index (χ2v) is 9.73. The van der Waals surface area contributed by atoms with Crippen LogP contribution in [-0.4, -0.2) is 0 Å². The summed E-state index contributed by atoms with van der Waals surface area (Å²) >= 11 is 0. The summed E-state index contributed by atoms with van der Waals surface area (Å²) in [5.74, 6) is 3.56. The first-order chi connectivity index (χ1) is 15.4. The van der Waals surface area contributed by atoms with Gasteiger partial charge in [-0.2, -0.15) is 0 Å². The van der Waals surface area contributed by atoms with Crippen LogP contribution in [0.1, 0.15) is 31.2 Å². The van der Waals surface area contributed by atoms with Crippen LogP contribution in [0.4, 0.5) is 0 Å². The third-order valence-electron chi connectivity index (χ3n) is 5.41. The largest absolute Gasteiger partial charge is 0.0813 e. The maximum Gasteiger partial charge on any atom is 0.0348 e. The van der Waals surface area contributed by atoms with Crippen molar-refractivity contribution < 1.29 is 0 Å². The molecule has 0 unspecified atom stereocenters. The summed E-state index contributed by atoms with van der Waals surface area (Å²) in [5, 5.41) is 2.72. The lowest BCUT2D eigenvalue weighted by molar-refractivity contribution is 0.711. The van der Waals surface area contributed by atoms with Crippen molar-refractivity contribution >= 4 is 18.5 Å². The van der Waals surface area contributed by atoms with Crippen LogP contribution in [0.3, 0.4) is 0 Å². The normalized spacial score (nSPS) is 14.6. The average molecular weight is 420 g/mol. The quantitative estimate of drug-likeness (QED) is 0.336. The highest BCUT2D eigenvalue weighted by atomic mass is 31.1. The summed E-state index contributed by atoms with van der Waals surface area (Å²) in [6.45, 7) is 0. The van der Waals surface area contributed by atoms with Crippen LogP contribution >= 0.6 is 7.92 Å². The van der Waals surface area contributed by atoms with E-state index in [-0.39, 0.29) is 0 Å². The molecule has 0 fully saturated rings. The third kappa shape index (κ3) is 6.39. The molecular weight excluding hydrogens is 391 g/mol. The van der Waals surface area contributed by atoms with Crippen molar-refractivity contribution in [1.29, 1.82) is 0 Å². The van der Waals surface area contributed by atoms with Gasteiger partial charge in [-0.3, -0.25) is 0 Å². The predicted octanol–water partition coefficient (Wildman–Crippen LogP) is 7.32. The Kier molecular flexibility index (Phi) is 8.08. The molecule has 3 aromatic carbocycles. The van der Waals surface area contributed by atoms with E-state index in [0.29, 0.717) is 0 Å². The third-order valence-corrected chi connectivity index (χ3v) is 7.57. The molecule has 0 heterocycles.